The van der Waals surface area contributed by atoms with E-state index < -0.39 is 4.92 Å². The van der Waals surface area contributed by atoms with Gasteiger partial charge in [0.2, 0.25) is 0 Å². The lowest BCUT2D eigenvalue weighted by Gasteiger charge is -2.15. The van der Waals surface area contributed by atoms with Crippen LogP contribution in [0.3, 0.4) is 0 Å². The highest BCUT2D eigenvalue weighted by Gasteiger charge is 2.20. The van der Waals surface area contributed by atoms with E-state index in [4.69, 9.17) is 5.26 Å². The fourth-order valence-corrected chi connectivity index (χ4v) is 2.01. The van der Waals surface area contributed by atoms with Crippen molar-refractivity contribution in [3.8, 4) is 6.07 Å². The lowest BCUT2D eigenvalue weighted by atomic mass is 10.1. The Balaban J connectivity index is 2.35. The molecule has 100 valence electrons. The van der Waals surface area contributed by atoms with Crippen LogP contribution in [0.5, 0.6) is 0 Å². The van der Waals surface area contributed by atoms with Crippen molar-refractivity contribution in [1.82, 2.24) is 0 Å². The van der Waals surface area contributed by atoms with Gasteiger partial charge in [0.25, 0.3) is 0 Å². The predicted octanol–water partition coefficient (Wildman–Crippen LogP) is 3.64. The minimum Gasteiger partial charge on any atom is -0.373 e. The molecule has 2 rings (SSSR count). The van der Waals surface area contributed by atoms with Crippen molar-refractivity contribution in [3.63, 3.8) is 0 Å². The number of rotatable bonds is 4. The second kappa shape index (κ2) is 5.85. The summed E-state index contributed by atoms with van der Waals surface area (Å²) in [5.41, 5.74) is 1.24. The van der Waals surface area contributed by atoms with Gasteiger partial charge in [-0.1, -0.05) is 36.4 Å². The Hall–Kier alpha value is -2.87. The van der Waals surface area contributed by atoms with Gasteiger partial charge in [-0.3, -0.25) is 10.1 Å². The molecule has 20 heavy (non-hydrogen) atoms. The third-order valence-electron chi connectivity index (χ3n) is 3.01. The highest BCUT2D eigenvalue weighted by Crippen LogP contribution is 2.30. The molecule has 1 atom stereocenters. The molecular formula is C15H13N3O2. The van der Waals surface area contributed by atoms with Gasteiger partial charge in [0.1, 0.15) is 17.3 Å². The van der Waals surface area contributed by atoms with Gasteiger partial charge in [0.05, 0.1) is 4.92 Å². The number of nitro benzene ring substituents is 1. The maximum Gasteiger partial charge on any atom is 0.309 e. The molecule has 0 amide bonds. The van der Waals surface area contributed by atoms with Gasteiger partial charge in [-0.15, -0.1) is 0 Å². The van der Waals surface area contributed by atoms with Crippen molar-refractivity contribution in [2.75, 3.05) is 5.32 Å². The number of nitrogens with zero attached hydrogens (tertiary/aromatic N) is 2. The standard InChI is InChI=1S/C15H13N3O2/c1-11(12-6-3-2-4-7-12)17-14-9-5-8-13(10-16)15(14)18(19)20/h2-9,11,17H,1H3. The van der Waals surface area contributed by atoms with Crippen molar-refractivity contribution in [2.24, 2.45) is 0 Å². The molecule has 0 saturated carbocycles. The van der Waals surface area contributed by atoms with E-state index in [0.717, 1.165) is 5.56 Å². The summed E-state index contributed by atoms with van der Waals surface area (Å²) in [6.45, 7) is 1.91. The van der Waals surface area contributed by atoms with Crippen molar-refractivity contribution in [3.05, 3.63) is 69.8 Å². The molecule has 0 aliphatic heterocycles. The van der Waals surface area contributed by atoms with Gasteiger partial charge >= 0.3 is 5.69 Å². The Morgan fingerprint density at radius 3 is 2.50 bits per heavy atom. The van der Waals surface area contributed by atoms with E-state index in [-0.39, 0.29) is 17.3 Å². The Bertz CT molecular complexity index is 663. The molecule has 2 aromatic carbocycles. The number of hydrogen-bond acceptors (Lipinski definition) is 4. The van der Waals surface area contributed by atoms with Crippen LogP contribution in [-0.4, -0.2) is 4.92 Å². The molecule has 0 aliphatic rings. The molecule has 0 saturated heterocycles. The highest BCUT2D eigenvalue weighted by molar-refractivity contribution is 5.69. The predicted molar refractivity (Wildman–Crippen MR) is 76.3 cm³/mol. The molecule has 5 heteroatoms. The van der Waals surface area contributed by atoms with Crippen molar-refractivity contribution in [2.45, 2.75) is 13.0 Å². The minimum absolute atomic E-state index is 0.0558. The van der Waals surface area contributed by atoms with E-state index in [2.05, 4.69) is 5.32 Å². The lowest BCUT2D eigenvalue weighted by molar-refractivity contribution is -0.384. The van der Waals surface area contributed by atoms with E-state index in [0.29, 0.717) is 5.69 Å². The van der Waals surface area contributed by atoms with Crippen LogP contribution in [0, 0.1) is 21.4 Å². The molecule has 5 nitrogen and oxygen atoms in total. The quantitative estimate of drug-likeness (QED) is 0.677. The molecule has 1 unspecified atom stereocenters. The summed E-state index contributed by atoms with van der Waals surface area (Å²) in [7, 11) is 0. The highest BCUT2D eigenvalue weighted by atomic mass is 16.6. The maximum absolute atomic E-state index is 11.1. The summed E-state index contributed by atoms with van der Waals surface area (Å²) in [5, 5.41) is 23.2. The number of para-hydroxylation sites is 1. The van der Waals surface area contributed by atoms with Gasteiger partial charge in [-0.05, 0) is 24.6 Å². The topological polar surface area (TPSA) is 79.0 Å². The zero-order valence-electron chi connectivity index (χ0n) is 10.9. The van der Waals surface area contributed by atoms with Gasteiger partial charge < -0.3 is 5.32 Å². The summed E-state index contributed by atoms with van der Waals surface area (Å²) in [6, 6.07) is 16.1. The van der Waals surface area contributed by atoms with E-state index >= 15 is 0 Å². The van der Waals surface area contributed by atoms with E-state index in [9.17, 15) is 10.1 Å². The Morgan fingerprint density at radius 2 is 1.90 bits per heavy atom. The van der Waals surface area contributed by atoms with E-state index in [1.165, 1.54) is 6.07 Å². The second-order valence-corrected chi connectivity index (χ2v) is 4.35. The molecule has 0 bridgehead atoms. The third-order valence-corrected chi connectivity index (χ3v) is 3.01. The number of nitriles is 1. The summed E-state index contributed by atoms with van der Waals surface area (Å²) in [4.78, 5) is 10.6. The first-order chi connectivity index (χ1) is 9.63. The Labute approximate surface area is 116 Å². The molecule has 0 aliphatic carbocycles. The minimum atomic E-state index is -0.529. The van der Waals surface area contributed by atoms with Crippen LogP contribution >= 0.6 is 0 Å². The molecule has 2 aromatic rings. The van der Waals surface area contributed by atoms with Crippen molar-refractivity contribution in [1.29, 1.82) is 5.26 Å². The number of anilines is 1. The first-order valence-corrected chi connectivity index (χ1v) is 6.12. The molecule has 0 fully saturated rings. The monoisotopic (exact) mass is 267 g/mol. The smallest absolute Gasteiger partial charge is 0.309 e. The molecule has 0 aromatic heterocycles. The molecular weight excluding hydrogens is 254 g/mol. The first-order valence-electron chi connectivity index (χ1n) is 6.12. The number of nitro groups is 1. The first kappa shape index (κ1) is 13.6. The molecule has 0 heterocycles. The van der Waals surface area contributed by atoms with Crippen molar-refractivity contribution < 1.29 is 4.92 Å². The summed E-state index contributed by atoms with van der Waals surface area (Å²) in [6.07, 6.45) is 0. The molecule has 1 N–H and O–H groups in total. The maximum atomic E-state index is 11.1. The Kier molecular flexibility index (Phi) is 3.96. The number of benzene rings is 2. The summed E-state index contributed by atoms with van der Waals surface area (Å²) >= 11 is 0. The van der Waals surface area contributed by atoms with Crippen LogP contribution in [0.1, 0.15) is 24.1 Å². The van der Waals surface area contributed by atoms with Gasteiger partial charge in [-0.25, -0.2) is 0 Å². The molecule has 0 radical (unpaired) electrons. The number of hydrogen-bond donors (Lipinski definition) is 1. The van der Waals surface area contributed by atoms with Gasteiger partial charge in [0, 0.05) is 6.04 Å². The zero-order chi connectivity index (χ0) is 14.5. The number of nitrogens with one attached hydrogen (secondary N) is 1. The summed E-state index contributed by atoms with van der Waals surface area (Å²) < 4.78 is 0. The average molecular weight is 267 g/mol. The third kappa shape index (κ3) is 2.75. The lowest BCUT2D eigenvalue weighted by Crippen LogP contribution is -2.09. The van der Waals surface area contributed by atoms with E-state index in [1.54, 1.807) is 12.1 Å². The van der Waals surface area contributed by atoms with Crippen LogP contribution in [0.15, 0.2) is 48.5 Å². The molecule has 0 spiro atoms. The zero-order valence-corrected chi connectivity index (χ0v) is 10.9. The Morgan fingerprint density at radius 1 is 1.20 bits per heavy atom. The van der Waals surface area contributed by atoms with Crippen LogP contribution < -0.4 is 5.32 Å². The SMILES string of the molecule is CC(Nc1cccc(C#N)c1[N+](=O)[O-])c1ccccc1. The average Bonchev–Trinajstić information content (AvgIpc) is 2.47. The van der Waals surface area contributed by atoms with Crippen LogP contribution in [0.4, 0.5) is 11.4 Å². The van der Waals surface area contributed by atoms with Crippen LogP contribution in [-0.2, 0) is 0 Å². The second-order valence-electron chi connectivity index (χ2n) is 4.35. The summed E-state index contributed by atoms with van der Waals surface area (Å²) in [5.74, 6) is 0. The van der Waals surface area contributed by atoms with Crippen molar-refractivity contribution >= 4 is 11.4 Å². The fourth-order valence-electron chi connectivity index (χ4n) is 2.01. The van der Waals surface area contributed by atoms with Gasteiger partial charge in [-0.2, -0.15) is 5.26 Å². The van der Waals surface area contributed by atoms with Crippen LogP contribution in [0.25, 0.3) is 0 Å². The fraction of sp³-hybridized carbons (Fsp3) is 0.133. The van der Waals surface area contributed by atoms with Crippen LogP contribution in [0.2, 0.25) is 0 Å². The largest absolute Gasteiger partial charge is 0.373 e. The normalized spacial score (nSPS) is 11.4. The van der Waals surface area contributed by atoms with E-state index in [1.807, 2.05) is 43.3 Å². The van der Waals surface area contributed by atoms with Gasteiger partial charge in [0.15, 0.2) is 0 Å².